The van der Waals surface area contributed by atoms with Crippen LogP contribution in [0.3, 0.4) is 0 Å². The lowest BCUT2D eigenvalue weighted by Crippen LogP contribution is -2.63. The number of aliphatic carboxylic acids is 1. The molecule has 10 nitrogen and oxygen atoms in total. The van der Waals surface area contributed by atoms with E-state index in [1.165, 1.54) is 0 Å². The first kappa shape index (κ1) is 17.9. The minimum absolute atomic E-state index is 0.833. The number of ether oxygens (including phenoxy) is 4. The lowest BCUT2D eigenvalue weighted by atomic mass is 9.98. The summed E-state index contributed by atoms with van der Waals surface area (Å²) in [5.41, 5.74) is 0. The molecule has 0 aromatic heterocycles. The van der Waals surface area contributed by atoms with Gasteiger partial charge in [0.25, 0.3) is 0 Å². The minimum atomic E-state index is -1.87. The fourth-order valence-corrected chi connectivity index (χ4v) is 1.99. The van der Waals surface area contributed by atoms with E-state index in [0.29, 0.717) is 0 Å². The molecule has 1 rings (SSSR count). The van der Waals surface area contributed by atoms with Gasteiger partial charge in [-0.3, -0.25) is 14.4 Å². The van der Waals surface area contributed by atoms with Crippen molar-refractivity contribution in [3.8, 4) is 0 Å². The van der Waals surface area contributed by atoms with Crippen LogP contribution in [0.1, 0.15) is 20.8 Å². The van der Waals surface area contributed by atoms with E-state index in [0.717, 1.165) is 20.8 Å². The number of hydrogen-bond donors (Lipinski definition) is 2. The van der Waals surface area contributed by atoms with E-state index in [-0.39, 0.29) is 0 Å². The van der Waals surface area contributed by atoms with E-state index in [9.17, 15) is 24.3 Å². The SMILES string of the molecule is CC(=O)OC1[C@H](O)OC(C(=O)O)[C@H](OC(C)=O)[C@@H]1OC(C)=O. The zero-order chi connectivity index (χ0) is 17.0. The highest BCUT2D eigenvalue weighted by Gasteiger charge is 2.53. The first-order chi connectivity index (χ1) is 10.1. The summed E-state index contributed by atoms with van der Waals surface area (Å²) in [6.07, 6.45) is -8.33. The minimum Gasteiger partial charge on any atom is -0.479 e. The summed E-state index contributed by atoms with van der Waals surface area (Å²) in [5.74, 6) is -4.10. The normalized spacial score (nSPS) is 31.0. The van der Waals surface area contributed by atoms with E-state index >= 15 is 0 Å². The molecule has 124 valence electrons. The summed E-state index contributed by atoms with van der Waals surface area (Å²) in [4.78, 5) is 44.6. The van der Waals surface area contributed by atoms with Gasteiger partial charge in [-0.2, -0.15) is 0 Å². The van der Waals surface area contributed by atoms with Crippen LogP contribution < -0.4 is 0 Å². The third-order valence-corrected chi connectivity index (χ3v) is 2.66. The van der Waals surface area contributed by atoms with Gasteiger partial charge in [0, 0.05) is 20.8 Å². The fourth-order valence-electron chi connectivity index (χ4n) is 1.99. The summed E-state index contributed by atoms with van der Waals surface area (Å²) < 4.78 is 19.3. The van der Waals surface area contributed by atoms with Crippen LogP contribution in [-0.4, -0.2) is 64.8 Å². The molecule has 2 unspecified atom stereocenters. The van der Waals surface area contributed by atoms with Crippen LogP contribution in [0.15, 0.2) is 0 Å². The van der Waals surface area contributed by atoms with Crippen LogP contribution in [0, 0.1) is 0 Å². The standard InChI is InChI=1S/C12H16O10/c1-4(13)19-7-8(20-5(2)14)10(21-6(3)15)12(18)22-9(7)11(16)17/h7-10,12,18H,1-3H3,(H,16,17)/t7-,8+,9?,10?,12-/m1/s1. The molecule has 0 radical (unpaired) electrons. The van der Waals surface area contributed by atoms with Crippen molar-refractivity contribution in [2.75, 3.05) is 0 Å². The second-order valence-corrected chi connectivity index (χ2v) is 4.51. The van der Waals surface area contributed by atoms with Gasteiger partial charge in [-0.25, -0.2) is 4.79 Å². The Bertz CT molecular complexity index is 473. The van der Waals surface area contributed by atoms with Crippen molar-refractivity contribution in [3.05, 3.63) is 0 Å². The largest absolute Gasteiger partial charge is 0.479 e. The third kappa shape index (κ3) is 4.40. The number of rotatable bonds is 4. The second kappa shape index (κ2) is 7.18. The second-order valence-electron chi connectivity index (χ2n) is 4.51. The van der Waals surface area contributed by atoms with Crippen LogP contribution in [-0.2, 0) is 38.1 Å². The topological polar surface area (TPSA) is 146 Å². The smallest absolute Gasteiger partial charge is 0.337 e. The summed E-state index contributed by atoms with van der Waals surface area (Å²) in [6.45, 7) is 3.06. The lowest BCUT2D eigenvalue weighted by Gasteiger charge is -2.41. The Kier molecular flexibility index (Phi) is 5.83. The number of esters is 3. The van der Waals surface area contributed by atoms with Crippen LogP contribution >= 0.6 is 0 Å². The predicted molar refractivity (Wildman–Crippen MR) is 65.2 cm³/mol. The van der Waals surface area contributed by atoms with Crippen molar-refractivity contribution in [2.24, 2.45) is 0 Å². The molecule has 0 bridgehead atoms. The molecule has 0 saturated carbocycles. The first-order valence-electron chi connectivity index (χ1n) is 6.21. The van der Waals surface area contributed by atoms with Gasteiger partial charge >= 0.3 is 23.9 Å². The molecule has 1 saturated heterocycles. The molecule has 5 atom stereocenters. The van der Waals surface area contributed by atoms with Gasteiger partial charge in [-0.1, -0.05) is 0 Å². The van der Waals surface area contributed by atoms with E-state index in [1.807, 2.05) is 0 Å². The Hall–Kier alpha value is -2.20. The van der Waals surface area contributed by atoms with Crippen molar-refractivity contribution >= 4 is 23.9 Å². The number of carbonyl (C=O) groups excluding carboxylic acids is 3. The molecule has 2 N–H and O–H groups in total. The Morgan fingerprint density at radius 2 is 1.23 bits per heavy atom. The maximum absolute atomic E-state index is 11.2. The molecule has 1 aliphatic heterocycles. The fraction of sp³-hybridized carbons (Fsp3) is 0.667. The van der Waals surface area contributed by atoms with Crippen LogP contribution in [0.5, 0.6) is 0 Å². The van der Waals surface area contributed by atoms with Crippen LogP contribution in [0.25, 0.3) is 0 Å². The van der Waals surface area contributed by atoms with E-state index in [4.69, 9.17) is 24.1 Å². The number of aliphatic hydroxyl groups is 1. The van der Waals surface area contributed by atoms with Gasteiger partial charge in [0.2, 0.25) is 0 Å². The van der Waals surface area contributed by atoms with Gasteiger partial charge in [-0.15, -0.1) is 0 Å². The van der Waals surface area contributed by atoms with Crippen LogP contribution in [0.2, 0.25) is 0 Å². The van der Waals surface area contributed by atoms with E-state index < -0.39 is 54.6 Å². The Labute approximate surface area is 124 Å². The molecular weight excluding hydrogens is 304 g/mol. The summed E-state index contributed by atoms with van der Waals surface area (Å²) in [5, 5.41) is 18.9. The van der Waals surface area contributed by atoms with Crippen molar-refractivity contribution in [1.29, 1.82) is 0 Å². The maximum atomic E-state index is 11.2. The molecule has 0 spiro atoms. The number of carbonyl (C=O) groups is 4. The molecular formula is C12H16O10. The Morgan fingerprint density at radius 1 is 0.818 bits per heavy atom. The van der Waals surface area contributed by atoms with Crippen molar-refractivity contribution in [2.45, 2.75) is 51.5 Å². The summed E-state index contributed by atoms with van der Waals surface area (Å²) in [6, 6.07) is 0. The average molecular weight is 320 g/mol. The molecule has 0 aromatic carbocycles. The quantitative estimate of drug-likeness (QED) is 0.467. The molecule has 1 fully saturated rings. The Morgan fingerprint density at radius 3 is 1.64 bits per heavy atom. The van der Waals surface area contributed by atoms with Gasteiger partial charge in [0.05, 0.1) is 0 Å². The first-order valence-corrected chi connectivity index (χ1v) is 6.21. The van der Waals surface area contributed by atoms with Gasteiger partial charge < -0.3 is 29.2 Å². The number of carboxylic acid groups (broad SMARTS) is 1. The molecule has 22 heavy (non-hydrogen) atoms. The zero-order valence-corrected chi connectivity index (χ0v) is 12.0. The summed E-state index contributed by atoms with van der Waals surface area (Å²) in [7, 11) is 0. The molecule has 0 aliphatic carbocycles. The highest BCUT2D eigenvalue weighted by Crippen LogP contribution is 2.27. The Balaban J connectivity index is 3.18. The molecule has 0 aromatic rings. The zero-order valence-electron chi connectivity index (χ0n) is 12.0. The van der Waals surface area contributed by atoms with Crippen molar-refractivity contribution in [3.63, 3.8) is 0 Å². The van der Waals surface area contributed by atoms with Gasteiger partial charge in [0.15, 0.2) is 30.7 Å². The number of hydrogen-bond acceptors (Lipinski definition) is 9. The monoisotopic (exact) mass is 320 g/mol. The highest BCUT2D eigenvalue weighted by molar-refractivity contribution is 5.75. The molecule has 0 amide bonds. The van der Waals surface area contributed by atoms with E-state index in [1.54, 1.807) is 0 Å². The van der Waals surface area contributed by atoms with Crippen molar-refractivity contribution < 1.29 is 48.3 Å². The number of carboxylic acids is 1. The van der Waals surface area contributed by atoms with E-state index in [2.05, 4.69) is 0 Å². The molecule has 10 heteroatoms. The third-order valence-electron chi connectivity index (χ3n) is 2.66. The van der Waals surface area contributed by atoms with Gasteiger partial charge in [-0.05, 0) is 0 Å². The van der Waals surface area contributed by atoms with Crippen molar-refractivity contribution in [1.82, 2.24) is 0 Å². The van der Waals surface area contributed by atoms with Crippen LogP contribution in [0.4, 0.5) is 0 Å². The van der Waals surface area contributed by atoms with Gasteiger partial charge in [0.1, 0.15) is 0 Å². The maximum Gasteiger partial charge on any atom is 0.337 e. The number of aliphatic hydroxyl groups excluding tert-OH is 1. The predicted octanol–water partition coefficient (Wildman–Crippen LogP) is -1.42. The summed E-state index contributed by atoms with van der Waals surface area (Å²) >= 11 is 0. The highest BCUT2D eigenvalue weighted by atomic mass is 16.7. The lowest BCUT2D eigenvalue weighted by molar-refractivity contribution is -0.289. The molecule has 1 aliphatic rings. The average Bonchev–Trinajstić information content (AvgIpc) is 2.34. The molecule has 1 heterocycles.